The molecule has 6 aromatic rings. The van der Waals surface area contributed by atoms with E-state index in [4.69, 9.17) is 19.8 Å². The average molecular weight is 891 g/mol. The third-order valence-electron chi connectivity index (χ3n) is 10.6. The van der Waals surface area contributed by atoms with Gasteiger partial charge in [-0.05, 0) is 25.0 Å². The van der Waals surface area contributed by atoms with Gasteiger partial charge in [-0.25, -0.2) is 0 Å². The van der Waals surface area contributed by atoms with E-state index in [1.165, 1.54) is 120 Å². The van der Waals surface area contributed by atoms with Crippen molar-refractivity contribution in [3.8, 4) is 0 Å². The number of aromatic nitrogens is 2. The van der Waals surface area contributed by atoms with Gasteiger partial charge in [0.2, 0.25) is 11.0 Å². The molecule has 342 valence electrons. The first-order valence-electron chi connectivity index (χ1n) is 21.5. The molecule has 6 rings (SSSR count). The summed E-state index contributed by atoms with van der Waals surface area (Å²) < 4.78 is 68.0. The second kappa shape index (κ2) is 25.2. The molecule has 8 nitrogen and oxygen atoms in total. The Bertz CT molecular complexity index is 2210. The molecule has 0 aliphatic carbocycles. The number of aryl methyl sites for hydroxylation is 2. The number of nitrogens with zero attached hydrogens (tertiary/aromatic N) is 2. The number of unbranched alkanes of at least 4 members (excludes halogenated alkanes) is 9. The van der Waals surface area contributed by atoms with Gasteiger partial charge >= 0.3 is 12.4 Å². The van der Waals surface area contributed by atoms with E-state index < -0.39 is 24.3 Å². The third kappa shape index (κ3) is 16.5. The Morgan fingerprint density at radius 3 is 1.06 bits per heavy atom. The van der Waals surface area contributed by atoms with Gasteiger partial charge in [0.15, 0.2) is 24.5 Å². The largest absolute Gasteiger partial charge is 0.542 e. The summed E-state index contributed by atoms with van der Waals surface area (Å²) in [4.78, 5) is 17.6. The van der Waals surface area contributed by atoms with Crippen molar-refractivity contribution in [2.45, 2.75) is 103 Å². The normalized spacial score (nSPS) is 11.3. The van der Waals surface area contributed by atoms with Crippen LogP contribution in [0.4, 0.5) is 37.7 Å². The van der Waals surface area contributed by atoms with Crippen LogP contribution in [0.15, 0.2) is 121 Å². The van der Waals surface area contributed by atoms with E-state index in [1.807, 2.05) is 0 Å². The number of aliphatic carboxylic acids is 2. The molecule has 0 amide bonds. The number of benzene rings is 4. The summed E-state index contributed by atoms with van der Waals surface area (Å²) in [5.74, 6) is -6.01. The number of fused-ring (bicyclic) bond motifs is 2. The first-order chi connectivity index (χ1) is 30.6. The van der Waals surface area contributed by atoms with Gasteiger partial charge in [0.25, 0.3) is 0 Å². The van der Waals surface area contributed by atoms with Crippen LogP contribution < -0.4 is 30.0 Å². The molecule has 0 atom stereocenters. The Kier molecular flexibility index (Phi) is 19.9. The van der Waals surface area contributed by atoms with Crippen molar-refractivity contribution in [2.24, 2.45) is 0 Å². The summed E-state index contributed by atoms with van der Waals surface area (Å²) in [6, 6.07) is 43.8. The topological polar surface area (TPSA) is 112 Å². The summed E-state index contributed by atoms with van der Waals surface area (Å²) in [5.41, 5.74) is 10.4. The number of halogens is 6. The number of hydrogen-bond acceptors (Lipinski definition) is 6. The van der Waals surface area contributed by atoms with Gasteiger partial charge in [0, 0.05) is 62.3 Å². The highest BCUT2D eigenvalue weighted by atomic mass is 19.4. The second-order valence-corrected chi connectivity index (χ2v) is 15.5. The standard InChI is InChI=1S/C46H54N4.2C2HF3O2/c1-37-33-43(41-27-17-19-29-45(41)49(37)35-39-23-13-11-14-24-39)47-31-21-9-7-5-3-4-6-8-10-22-32-48-44-34-38(2)50(36-40-25-15-12-16-26-40)46-30-20-18-28-42(44)46;2*3-2(4,5)1(6)7/h11-20,23-30,33-34H,3-10,21-22,31-32,35-36H2,1-2H3;2*(H,6,7). The summed E-state index contributed by atoms with van der Waals surface area (Å²) in [7, 11) is 0. The van der Waals surface area contributed by atoms with Crippen LogP contribution in [0, 0.1) is 13.8 Å². The van der Waals surface area contributed by atoms with Crippen molar-refractivity contribution in [2.75, 3.05) is 23.7 Å². The highest BCUT2D eigenvalue weighted by Crippen LogP contribution is 2.24. The Morgan fingerprint density at radius 2 is 0.750 bits per heavy atom. The molecule has 2 heterocycles. The smallest absolute Gasteiger partial charge is 0.430 e. The summed E-state index contributed by atoms with van der Waals surface area (Å²) in [5, 5.41) is 27.7. The van der Waals surface area contributed by atoms with Crippen molar-refractivity contribution >= 4 is 45.1 Å². The maximum absolute atomic E-state index is 10.5. The maximum Gasteiger partial charge on any atom is 0.430 e. The number of hydrogen-bond donors (Lipinski definition) is 2. The zero-order valence-electron chi connectivity index (χ0n) is 36.2. The van der Waals surface area contributed by atoms with E-state index in [9.17, 15) is 26.3 Å². The molecule has 0 saturated heterocycles. The van der Waals surface area contributed by atoms with E-state index in [1.54, 1.807) is 0 Å². The number of rotatable bonds is 19. The zero-order chi connectivity index (χ0) is 46.5. The molecule has 0 spiro atoms. The second-order valence-electron chi connectivity index (χ2n) is 15.5. The zero-order valence-corrected chi connectivity index (χ0v) is 36.2. The third-order valence-corrected chi connectivity index (χ3v) is 10.6. The quantitative estimate of drug-likeness (QED) is 0.0477. The van der Waals surface area contributed by atoms with E-state index in [0.29, 0.717) is 0 Å². The molecule has 2 N–H and O–H groups in total. The van der Waals surface area contributed by atoms with Crippen LogP contribution in [0.3, 0.4) is 0 Å². The molecule has 0 radical (unpaired) electrons. The summed E-state index contributed by atoms with van der Waals surface area (Å²) >= 11 is 0. The fourth-order valence-corrected chi connectivity index (χ4v) is 7.34. The molecule has 0 fully saturated rings. The fraction of sp³-hybridized carbons (Fsp3) is 0.360. The summed E-state index contributed by atoms with van der Waals surface area (Å²) in [6.07, 6.45) is 2.80. The molecule has 0 bridgehead atoms. The number of carboxylic acid groups (broad SMARTS) is 2. The van der Waals surface area contributed by atoms with Crippen LogP contribution in [-0.4, -0.2) is 37.4 Å². The molecular weight excluding hydrogens is 835 g/mol. The Hall–Kier alpha value is -6.18. The van der Waals surface area contributed by atoms with Crippen molar-refractivity contribution in [3.05, 3.63) is 144 Å². The SMILES string of the molecule is Cc1cc(NCCCCCCCCCCCCNc2cc(C)[n+](Cc3ccccc3)c3ccccc23)c2ccccc2[n+]1Cc1ccccc1.O=C([O-])C(F)(F)F.O=C([O-])C(F)(F)F. The molecule has 2 aromatic heterocycles. The molecule has 14 heteroatoms. The maximum atomic E-state index is 10.5. The lowest BCUT2D eigenvalue weighted by Crippen LogP contribution is -2.38. The van der Waals surface area contributed by atoms with Crippen LogP contribution >= 0.6 is 0 Å². The predicted molar refractivity (Wildman–Crippen MR) is 234 cm³/mol. The van der Waals surface area contributed by atoms with Crippen LogP contribution in [0.5, 0.6) is 0 Å². The van der Waals surface area contributed by atoms with Gasteiger partial charge in [-0.1, -0.05) is 136 Å². The van der Waals surface area contributed by atoms with Crippen LogP contribution in [-0.2, 0) is 22.7 Å². The number of carbonyl (C=O) groups is 2. The fourth-order valence-electron chi connectivity index (χ4n) is 7.34. The lowest BCUT2D eigenvalue weighted by Gasteiger charge is -2.12. The van der Waals surface area contributed by atoms with Crippen molar-refractivity contribution in [1.82, 2.24) is 0 Å². The first-order valence-corrected chi connectivity index (χ1v) is 21.5. The van der Waals surface area contributed by atoms with E-state index in [0.717, 1.165) is 26.2 Å². The molecular formula is C50H56F6N4O4. The number of carbonyl (C=O) groups excluding carboxylic acids is 2. The molecule has 0 saturated carbocycles. The Balaban J connectivity index is 0.000000555. The predicted octanol–water partition coefficient (Wildman–Crippen LogP) is 9.30. The van der Waals surface area contributed by atoms with E-state index in [-0.39, 0.29) is 0 Å². The lowest BCUT2D eigenvalue weighted by molar-refractivity contribution is -0.668. The number of nitrogens with one attached hydrogen (secondary N) is 2. The van der Waals surface area contributed by atoms with Gasteiger partial charge < -0.3 is 30.4 Å². The van der Waals surface area contributed by atoms with Crippen molar-refractivity contribution < 1.29 is 55.3 Å². The average Bonchev–Trinajstić information content (AvgIpc) is 3.26. The number of carboxylic acids is 2. The summed E-state index contributed by atoms with van der Waals surface area (Å²) in [6.45, 7) is 8.32. The molecule has 0 unspecified atom stereocenters. The first kappa shape index (κ1) is 50.5. The number of para-hydroxylation sites is 2. The van der Waals surface area contributed by atoms with Gasteiger partial charge in [-0.15, -0.1) is 0 Å². The van der Waals surface area contributed by atoms with Gasteiger partial charge in [-0.2, -0.15) is 35.5 Å². The molecule has 0 aliphatic rings. The van der Waals surface area contributed by atoms with Gasteiger partial charge in [0.1, 0.15) is 11.9 Å². The van der Waals surface area contributed by atoms with Crippen molar-refractivity contribution in [3.63, 3.8) is 0 Å². The monoisotopic (exact) mass is 890 g/mol. The lowest BCUT2D eigenvalue weighted by atomic mass is 10.1. The van der Waals surface area contributed by atoms with Crippen molar-refractivity contribution in [1.29, 1.82) is 0 Å². The van der Waals surface area contributed by atoms with Crippen LogP contribution in [0.1, 0.15) is 86.7 Å². The van der Waals surface area contributed by atoms with Crippen LogP contribution in [0.25, 0.3) is 21.8 Å². The number of pyridine rings is 2. The Labute approximate surface area is 370 Å². The molecule has 0 aliphatic heterocycles. The highest BCUT2D eigenvalue weighted by molar-refractivity contribution is 5.90. The van der Waals surface area contributed by atoms with E-state index >= 15 is 0 Å². The van der Waals surface area contributed by atoms with Gasteiger partial charge in [-0.3, -0.25) is 0 Å². The number of alkyl halides is 6. The molecule has 64 heavy (non-hydrogen) atoms. The number of anilines is 2. The van der Waals surface area contributed by atoms with E-state index in [2.05, 4.69) is 155 Å². The Morgan fingerprint density at radius 1 is 0.469 bits per heavy atom. The minimum atomic E-state index is -5.19. The highest BCUT2D eigenvalue weighted by Gasteiger charge is 2.29. The minimum absolute atomic E-state index is 0.895. The van der Waals surface area contributed by atoms with Crippen LogP contribution in [0.2, 0.25) is 0 Å². The minimum Gasteiger partial charge on any atom is -0.542 e. The molecule has 4 aromatic carbocycles. The van der Waals surface area contributed by atoms with Gasteiger partial charge in [0.05, 0.1) is 22.1 Å².